The van der Waals surface area contributed by atoms with E-state index >= 15 is 0 Å². The van der Waals surface area contributed by atoms with Gasteiger partial charge in [-0.3, -0.25) is 9.59 Å². The van der Waals surface area contributed by atoms with Crippen molar-refractivity contribution in [3.63, 3.8) is 0 Å². The SMILES string of the molecule is CCNS(=O)(=O)c1ccc(C)c(C(=O)NC2CCN(C(C)=O)CC2)c1. The van der Waals surface area contributed by atoms with E-state index in [9.17, 15) is 18.0 Å². The molecule has 138 valence electrons. The lowest BCUT2D eigenvalue weighted by atomic mass is 10.0. The van der Waals surface area contributed by atoms with Crippen molar-refractivity contribution in [2.75, 3.05) is 19.6 Å². The van der Waals surface area contributed by atoms with E-state index in [-0.39, 0.29) is 29.3 Å². The van der Waals surface area contributed by atoms with Gasteiger partial charge in [-0.2, -0.15) is 0 Å². The molecule has 0 spiro atoms. The molecule has 2 N–H and O–H groups in total. The molecule has 0 aromatic heterocycles. The quantitative estimate of drug-likeness (QED) is 0.813. The van der Waals surface area contributed by atoms with Crippen molar-refractivity contribution in [2.45, 2.75) is 44.6 Å². The van der Waals surface area contributed by atoms with Gasteiger partial charge < -0.3 is 10.2 Å². The number of hydrogen-bond donors (Lipinski definition) is 2. The highest BCUT2D eigenvalue weighted by Crippen LogP contribution is 2.17. The summed E-state index contributed by atoms with van der Waals surface area (Å²) in [4.78, 5) is 25.8. The highest BCUT2D eigenvalue weighted by molar-refractivity contribution is 7.89. The maximum atomic E-state index is 12.6. The van der Waals surface area contributed by atoms with Gasteiger partial charge in [0.25, 0.3) is 5.91 Å². The lowest BCUT2D eigenvalue weighted by Gasteiger charge is -2.31. The average Bonchev–Trinajstić information content (AvgIpc) is 2.55. The summed E-state index contributed by atoms with van der Waals surface area (Å²) in [5.41, 5.74) is 1.07. The standard InChI is InChI=1S/C17H25N3O4S/c1-4-18-25(23,24)15-6-5-12(2)16(11-15)17(22)19-14-7-9-20(10-8-14)13(3)21/h5-6,11,14,18H,4,7-10H2,1-3H3,(H,19,22). The largest absolute Gasteiger partial charge is 0.349 e. The molecule has 2 rings (SSSR count). The van der Waals surface area contributed by atoms with E-state index in [0.29, 0.717) is 37.1 Å². The first-order valence-electron chi connectivity index (χ1n) is 8.41. The van der Waals surface area contributed by atoms with E-state index in [1.165, 1.54) is 12.1 Å². The molecule has 0 bridgehead atoms. The smallest absolute Gasteiger partial charge is 0.251 e. The Morgan fingerprint density at radius 1 is 1.24 bits per heavy atom. The highest BCUT2D eigenvalue weighted by Gasteiger charge is 2.23. The highest BCUT2D eigenvalue weighted by atomic mass is 32.2. The Bertz CT molecular complexity index is 753. The van der Waals surface area contributed by atoms with Crippen molar-refractivity contribution in [3.8, 4) is 0 Å². The van der Waals surface area contributed by atoms with Gasteiger partial charge in [0.1, 0.15) is 0 Å². The van der Waals surface area contributed by atoms with Gasteiger partial charge in [-0.25, -0.2) is 13.1 Å². The van der Waals surface area contributed by atoms with Crippen molar-refractivity contribution in [3.05, 3.63) is 29.3 Å². The maximum Gasteiger partial charge on any atom is 0.251 e. The summed E-state index contributed by atoms with van der Waals surface area (Å²) in [6, 6.07) is 4.52. The molecule has 1 aromatic carbocycles. The molecule has 1 aliphatic heterocycles. The second-order valence-corrected chi connectivity index (χ2v) is 8.00. The fourth-order valence-corrected chi connectivity index (χ4v) is 3.96. The first-order valence-corrected chi connectivity index (χ1v) is 9.89. The van der Waals surface area contributed by atoms with Crippen LogP contribution < -0.4 is 10.0 Å². The number of nitrogens with one attached hydrogen (secondary N) is 2. The second-order valence-electron chi connectivity index (χ2n) is 6.23. The third kappa shape index (κ3) is 4.79. The van der Waals surface area contributed by atoms with Gasteiger partial charge in [-0.1, -0.05) is 13.0 Å². The molecular formula is C17H25N3O4S. The normalized spacial score (nSPS) is 15.9. The van der Waals surface area contributed by atoms with Crippen LogP contribution in [0.15, 0.2) is 23.1 Å². The number of nitrogens with zero attached hydrogens (tertiary/aromatic N) is 1. The third-order valence-electron chi connectivity index (χ3n) is 4.37. The lowest BCUT2D eigenvalue weighted by Crippen LogP contribution is -2.46. The molecule has 2 amide bonds. The monoisotopic (exact) mass is 367 g/mol. The van der Waals surface area contributed by atoms with E-state index in [1.807, 2.05) is 0 Å². The first-order chi connectivity index (χ1) is 11.7. The molecule has 1 saturated heterocycles. The number of sulfonamides is 1. The van der Waals surface area contributed by atoms with Crippen molar-refractivity contribution in [2.24, 2.45) is 0 Å². The van der Waals surface area contributed by atoms with E-state index in [0.717, 1.165) is 0 Å². The van der Waals surface area contributed by atoms with Crippen LogP contribution in [0.25, 0.3) is 0 Å². The molecule has 1 fully saturated rings. The van der Waals surface area contributed by atoms with E-state index < -0.39 is 10.0 Å². The van der Waals surface area contributed by atoms with Gasteiger partial charge in [-0.15, -0.1) is 0 Å². The number of likely N-dealkylation sites (tertiary alicyclic amines) is 1. The van der Waals surface area contributed by atoms with Crippen LogP contribution in [-0.2, 0) is 14.8 Å². The molecule has 25 heavy (non-hydrogen) atoms. The average molecular weight is 367 g/mol. The molecule has 0 unspecified atom stereocenters. The Kier molecular flexibility index (Phi) is 6.18. The summed E-state index contributed by atoms with van der Waals surface area (Å²) in [6.45, 7) is 6.54. The third-order valence-corrected chi connectivity index (χ3v) is 5.92. The molecule has 8 heteroatoms. The molecule has 1 aromatic rings. The fraction of sp³-hybridized carbons (Fsp3) is 0.529. The topological polar surface area (TPSA) is 95.6 Å². The minimum Gasteiger partial charge on any atom is -0.349 e. The summed E-state index contributed by atoms with van der Waals surface area (Å²) in [5.74, 6) is -0.241. The lowest BCUT2D eigenvalue weighted by molar-refractivity contribution is -0.129. The molecule has 7 nitrogen and oxygen atoms in total. The molecule has 0 atom stereocenters. The van der Waals surface area contributed by atoms with Crippen LogP contribution in [0.4, 0.5) is 0 Å². The number of carbonyl (C=O) groups excluding carboxylic acids is 2. The number of amides is 2. The van der Waals surface area contributed by atoms with E-state index in [2.05, 4.69) is 10.0 Å². The number of hydrogen-bond acceptors (Lipinski definition) is 4. The number of piperidine rings is 1. The molecule has 0 saturated carbocycles. The minimum absolute atomic E-state index is 0.0171. The Morgan fingerprint density at radius 2 is 1.88 bits per heavy atom. The van der Waals surface area contributed by atoms with Gasteiger partial charge >= 0.3 is 0 Å². The van der Waals surface area contributed by atoms with E-state index in [1.54, 1.807) is 31.7 Å². The van der Waals surface area contributed by atoms with Crippen molar-refractivity contribution >= 4 is 21.8 Å². The molecular weight excluding hydrogens is 342 g/mol. The zero-order chi connectivity index (χ0) is 18.6. The number of benzene rings is 1. The summed E-state index contributed by atoms with van der Waals surface area (Å²) in [5, 5.41) is 2.95. The predicted molar refractivity (Wildman–Crippen MR) is 94.8 cm³/mol. The minimum atomic E-state index is -3.61. The predicted octanol–water partition coefficient (Wildman–Crippen LogP) is 1.03. The summed E-state index contributed by atoms with van der Waals surface area (Å²) < 4.78 is 26.7. The zero-order valence-corrected chi connectivity index (χ0v) is 15.6. The van der Waals surface area contributed by atoms with Gasteiger partial charge in [-0.05, 0) is 37.5 Å². The summed E-state index contributed by atoms with van der Waals surface area (Å²) in [7, 11) is -3.61. The zero-order valence-electron chi connectivity index (χ0n) is 14.8. The second kappa shape index (κ2) is 7.97. The van der Waals surface area contributed by atoms with Crippen LogP contribution in [0.2, 0.25) is 0 Å². The van der Waals surface area contributed by atoms with E-state index in [4.69, 9.17) is 0 Å². The van der Waals surface area contributed by atoms with Crippen LogP contribution >= 0.6 is 0 Å². The molecule has 0 aliphatic carbocycles. The summed E-state index contributed by atoms with van der Waals surface area (Å²) in [6.07, 6.45) is 1.39. The number of aryl methyl sites for hydroxylation is 1. The Morgan fingerprint density at radius 3 is 2.44 bits per heavy atom. The fourth-order valence-electron chi connectivity index (χ4n) is 2.89. The van der Waals surface area contributed by atoms with Crippen LogP contribution in [0.1, 0.15) is 42.6 Å². The Hall–Kier alpha value is -1.93. The van der Waals surface area contributed by atoms with Crippen molar-refractivity contribution in [1.82, 2.24) is 14.9 Å². The Labute approximate surface area is 148 Å². The first kappa shape index (κ1) is 19.4. The molecule has 0 radical (unpaired) electrons. The number of rotatable bonds is 5. The van der Waals surface area contributed by atoms with Gasteiger partial charge in [0.2, 0.25) is 15.9 Å². The molecule has 1 aliphatic rings. The van der Waals surface area contributed by atoms with Gasteiger partial charge in [0, 0.05) is 38.2 Å². The van der Waals surface area contributed by atoms with Gasteiger partial charge in [0.15, 0.2) is 0 Å². The van der Waals surface area contributed by atoms with Crippen LogP contribution in [-0.4, -0.2) is 50.8 Å². The number of carbonyl (C=O) groups is 2. The summed E-state index contributed by atoms with van der Waals surface area (Å²) >= 11 is 0. The van der Waals surface area contributed by atoms with Crippen LogP contribution in [0.5, 0.6) is 0 Å². The molecule has 1 heterocycles. The van der Waals surface area contributed by atoms with Crippen molar-refractivity contribution < 1.29 is 18.0 Å². The Balaban J connectivity index is 2.10. The van der Waals surface area contributed by atoms with Crippen LogP contribution in [0.3, 0.4) is 0 Å². The van der Waals surface area contributed by atoms with Crippen molar-refractivity contribution in [1.29, 1.82) is 0 Å². The van der Waals surface area contributed by atoms with Crippen LogP contribution in [0, 0.1) is 6.92 Å². The van der Waals surface area contributed by atoms with Gasteiger partial charge in [0.05, 0.1) is 4.90 Å². The maximum absolute atomic E-state index is 12.6.